The second kappa shape index (κ2) is 7.66. The lowest BCUT2D eigenvalue weighted by atomic mass is 9.74. The van der Waals surface area contributed by atoms with Crippen LogP contribution in [0.2, 0.25) is 0 Å². The highest BCUT2D eigenvalue weighted by molar-refractivity contribution is 5.93. The molecule has 0 saturated heterocycles. The van der Waals surface area contributed by atoms with Gasteiger partial charge in [0, 0.05) is 11.2 Å². The number of anilines is 1. The monoisotopic (exact) mass is 330 g/mol. The predicted octanol–water partition coefficient (Wildman–Crippen LogP) is 3.99. The summed E-state index contributed by atoms with van der Waals surface area (Å²) in [5, 5.41) is 3.03. The maximum Gasteiger partial charge on any atom is 0.229 e. The maximum absolute atomic E-state index is 12.6. The van der Waals surface area contributed by atoms with Crippen LogP contribution in [0.1, 0.15) is 63.9 Å². The van der Waals surface area contributed by atoms with Crippen molar-refractivity contribution in [2.24, 2.45) is 11.7 Å². The second-order valence-corrected chi connectivity index (χ2v) is 7.71. The number of carbonyl (C=O) groups is 1. The number of hydrogen-bond acceptors (Lipinski definition) is 3. The number of carbonyl (C=O) groups excluding carboxylic acids is 1. The zero-order chi connectivity index (χ0) is 17.0. The van der Waals surface area contributed by atoms with E-state index in [-0.39, 0.29) is 11.8 Å². The van der Waals surface area contributed by atoms with Gasteiger partial charge in [-0.1, -0.05) is 37.8 Å². The minimum absolute atomic E-state index is 0.0506. The van der Waals surface area contributed by atoms with Crippen LogP contribution in [0.4, 0.5) is 5.69 Å². The average Bonchev–Trinajstić information content (AvgIpc) is 3.07. The summed E-state index contributed by atoms with van der Waals surface area (Å²) in [5.74, 6) is -0.0497. The van der Waals surface area contributed by atoms with Gasteiger partial charge in [0.25, 0.3) is 0 Å². The molecule has 1 amide bonds. The molecule has 2 saturated carbocycles. The van der Waals surface area contributed by atoms with Crippen LogP contribution in [0.25, 0.3) is 0 Å². The zero-order valence-corrected chi connectivity index (χ0v) is 14.7. The first-order chi connectivity index (χ1) is 11.5. The molecule has 0 aliphatic heterocycles. The summed E-state index contributed by atoms with van der Waals surface area (Å²) in [7, 11) is 0. The first kappa shape index (κ1) is 17.4. The van der Waals surface area contributed by atoms with E-state index >= 15 is 0 Å². The Morgan fingerprint density at radius 1 is 1.17 bits per heavy atom. The van der Waals surface area contributed by atoms with Crippen molar-refractivity contribution in [1.29, 1.82) is 0 Å². The number of nitrogens with two attached hydrogens (primary N) is 1. The summed E-state index contributed by atoms with van der Waals surface area (Å²) < 4.78 is 5.93. The summed E-state index contributed by atoms with van der Waals surface area (Å²) in [5.41, 5.74) is 7.92. The Balaban J connectivity index is 1.52. The van der Waals surface area contributed by atoms with Crippen molar-refractivity contribution in [3.8, 4) is 0 Å². The van der Waals surface area contributed by atoms with Crippen molar-refractivity contribution in [3.63, 3.8) is 0 Å². The highest BCUT2D eigenvalue weighted by atomic mass is 16.5. The predicted molar refractivity (Wildman–Crippen MR) is 96.7 cm³/mol. The Kier molecular flexibility index (Phi) is 5.57. The highest BCUT2D eigenvalue weighted by Gasteiger charge is 2.37. The molecule has 2 fully saturated rings. The van der Waals surface area contributed by atoms with Crippen molar-refractivity contribution in [1.82, 2.24) is 0 Å². The quantitative estimate of drug-likeness (QED) is 0.858. The number of ether oxygens (including phenoxy) is 1. The Hall–Kier alpha value is -1.39. The molecule has 0 spiro atoms. The van der Waals surface area contributed by atoms with E-state index in [4.69, 9.17) is 10.5 Å². The number of hydrogen-bond donors (Lipinski definition) is 2. The Morgan fingerprint density at radius 3 is 2.50 bits per heavy atom. The summed E-state index contributed by atoms with van der Waals surface area (Å²) in [4.78, 5) is 12.6. The smallest absolute Gasteiger partial charge is 0.229 e. The molecule has 1 aromatic rings. The van der Waals surface area contributed by atoms with E-state index in [0.717, 1.165) is 36.9 Å². The Bertz CT molecular complexity index is 547. The third-order valence-electron chi connectivity index (χ3n) is 5.58. The molecule has 0 radical (unpaired) electrons. The van der Waals surface area contributed by atoms with Gasteiger partial charge in [0.05, 0.1) is 18.6 Å². The molecule has 2 aliphatic carbocycles. The standard InChI is InChI=1S/C20H30N2O2/c1-20(21)13-5-4-8-18(20)19(23)22-16-11-9-15(10-12-16)14-24-17-6-2-3-7-17/h9-12,17-18H,2-8,13-14,21H2,1H3,(H,22,23). The van der Waals surface area contributed by atoms with Crippen LogP contribution in [-0.2, 0) is 16.1 Å². The number of nitrogens with one attached hydrogen (secondary N) is 1. The SMILES string of the molecule is CC1(N)CCCCC1C(=O)Nc1ccc(COC2CCCC2)cc1. The first-order valence-electron chi connectivity index (χ1n) is 9.35. The Morgan fingerprint density at radius 2 is 1.83 bits per heavy atom. The van der Waals surface area contributed by atoms with Crippen LogP contribution in [0.15, 0.2) is 24.3 Å². The highest BCUT2D eigenvalue weighted by Crippen LogP contribution is 2.32. The van der Waals surface area contributed by atoms with Gasteiger partial charge in [0.2, 0.25) is 5.91 Å². The van der Waals surface area contributed by atoms with E-state index in [9.17, 15) is 4.79 Å². The van der Waals surface area contributed by atoms with E-state index in [1.807, 2.05) is 31.2 Å². The fourth-order valence-corrected chi connectivity index (χ4v) is 3.97. The molecule has 4 nitrogen and oxygen atoms in total. The molecule has 3 N–H and O–H groups in total. The van der Waals surface area contributed by atoms with Gasteiger partial charge in [0.1, 0.15) is 0 Å². The largest absolute Gasteiger partial charge is 0.374 e. The van der Waals surface area contributed by atoms with Gasteiger partial charge >= 0.3 is 0 Å². The molecular formula is C20H30N2O2. The first-order valence-corrected chi connectivity index (χ1v) is 9.35. The maximum atomic E-state index is 12.6. The molecule has 24 heavy (non-hydrogen) atoms. The van der Waals surface area contributed by atoms with Gasteiger partial charge < -0.3 is 15.8 Å². The van der Waals surface area contributed by atoms with Crippen molar-refractivity contribution in [3.05, 3.63) is 29.8 Å². The molecule has 2 aliphatic rings. The average molecular weight is 330 g/mol. The van der Waals surface area contributed by atoms with Crippen LogP contribution in [-0.4, -0.2) is 17.6 Å². The number of amides is 1. The summed E-state index contributed by atoms with van der Waals surface area (Å²) in [6.07, 6.45) is 9.38. The van der Waals surface area contributed by atoms with Crippen LogP contribution >= 0.6 is 0 Å². The van der Waals surface area contributed by atoms with E-state index in [0.29, 0.717) is 12.7 Å². The Labute approximate surface area is 145 Å². The molecule has 132 valence electrons. The van der Waals surface area contributed by atoms with Crippen molar-refractivity contribution in [2.75, 3.05) is 5.32 Å². The van der Waals surface area contributed by atoms with E-state index in [2.05, 4.69) is 5.32 Å². The third-order valence-corrected chi connectivity index (χ3v) is 5.58. The molecule has 0 bridgehead atoms. The van der Waals surface area contributed by atoms with Crippen molar-refractivity contribution in [2.45, 2.75) is 76.5 Å². The minimum atomic E-state index is -0.391. The number of rotatable bonds is 5. The van der Waals surface area contributed by atoms with Crippen LogP contribution < -0.4 is 11.1 Å². The molecule has 1 aromatic carbocycles. The van der Waals surface area contributed by atoms with E-state index in [1.54, 1.807) is 0 Å². The van der Waals surface area contributed by atoms with Gasteiger partial charge in [-0.05, 0) is 50.3 Å². The van der Waals surface area contributed by atoms with Crippen molar-refractivity contribution < 1.29 is 9.53 Å². The van der Waals surface area contributed by atoms with Crippen LogP contribution in [0.3, 0.4) is 0 Å². The molecular weight excluding hydrogens is 300 g/mol. The van der Waals surface area contributed by atoms with Gasteiger partial charge in [0.15, 0.2) is 0 Å². The van der Waals surface area contributed by atoms with Gasteiger partial charge in [-0.25, -0.2) is 0 Å². The molecule has 3 rings (SSSR count). The number of benzene rings is 1. The second-order valence-electron chi connectivity index (χ2n) is 7.71. The zero-order valence-electron chi connectivity index (χ0n) is 14.7. The minimum Gasteiger partial charge on any atom is -0.374 e. The summed E-state index contributed by atoms with van der Waals surface area (Å²) in [6.45, 7) is 2.66. The lowest BCUT2D eigenvalue weighted by molar-refractivity contribution is -0.122. The summed E-state index contributed by atoms with van der Waals surface area (Å²) in [6, 6.07) is 7.99. The van der Waals surface area contributed by atoms with Gasteiger partial charge in [-0.3, -0.25) is 4.79 Å². The third kappa shape index (κ3) is 4.37. The molecule has 0 aromatic heterocycles. The molecule has 0 heterocycles. The molecule has 2 unspecified atom stereocenters. The van der Waals surface area contributed by atoms with Crippen molar-refractivity contribution >= 4 is 11.6 Å². The lowest BCUT2D eigenvalue weighted by Gasteiger charge is -2.37. The molecule has 2 atom stereocenters. The fraction of sp³-hybridized carbons (Fsp3) is 0.650. The van der Waals surface area contributed by atoms with Crippen LogP contribution in [0.5, 0.6) is 0 Å². The fourth-order valence-electron chi connectivity index (χ4n) is 3.97. The molecule has 4 heteroatoms. The van der Waals surface area contributed by atoms with E-state index < -0.39 is 5.54 Å². The van der Waals surface area contributed by atoms with Gasteiger partial charge in [-0.15, -0.1) is 0 Å². The summed E-state index contributed by atoms with van der Waals surface area (Å²) >= 11 is 0. The van der Waals surface area contributed by atoms with Crippen LogP contribution in [0, 0.1) is 5.92 Å². The van der Waals surface area contributed by atoms with Gasteiger partial charge in [-0.2, -0.15) is 0 Å². The lowest BCUT2D eigenvalue weighted by Crippen LogP contribution is -2.51. The van der Waals surface area contributed by atoms with E-state index in [1.165, 1.54) is 25.7 Å². The topological polar surface area (TPSA) is 64.4 Å². The normalized spacial score (nSPS) is 28.0.